The quantitative estimate of drug-likeness (QED) is 0.727. The van der Waals surface area contributed by atoms with Gasteiger partial charge in [-0.25, -0.2) is 4.79 Å². The number of carbonyl (C=O) groups excluding carboxylic acids is 1. The topological polar surface area (TPSA) is 102 Å². The fourth-order valence-corrected chi connectivity index (χ4v) is 1.35. The number of aromatic carboxylic acids is 1. The van der Waals surface area contributed by atoms with Crippen molar-refractivity contribution >= 4 is 17.6 Å². The van der Waals surface area contributed by atoms with Gasteiger partial charge >= 0.3 is 5.97 Å². The van der Waals surface area contributed by atoms with Crippen LogP contribution in [0.15, 0.2) is 18.2 Å². The molecule has 1 aromatic rings. The van der Waals surface area contributed by atoms with Crippen LogP contribution in [0.3, 0.4) is 0 Å². The van der Waals surface area contributed by atoms with Crippen LogP contribution < -0.4 is 15.8 Å². The molecule has 0 saturated heterocycles. The number of anilines is 1. The van der Waals surface area contributed by atoms with Crippen molar-refractivity contribution < 1.29 is 19.4 Å². The van der Waals surface area contributed by atoms with E-state index < -0.39 is 17.9 Å². The average Bonchev–Trinajstić information content (AvgIpc) is 2.37. The van der Waals surface area contributed by atoms with E-state index in [-0.39, 0.29) is 11.3 Å². The zero-order valence-corrected chi connectivity index (χ0v) is 10.3. The van der Waals surface area contributed by atoms with E-state index in [0.717, 1.165) is 0 Å². The highest BCUT2D eigenvalue weighted by Crippen LogP contribution is 2.22. The zero-order chi connectivity index (χ0) is 13.7. The first-order valence-electron chi connectivity index (χ1n) is 5.47. The summed E-state index contributed by atoms with van der Waals surface area (Å²) in [5.41, 5.74) is 5.74. The fourth-order valence-electron chi connectivity index (χ4n) is 1.35. The number of methoxy groups -OCH3 is 1. The lowest BCUT2D eigenvalue weighted by molar-refractivity contribution is -0.117. The largest absolute Gasteiger partial charge is 0.497 e. The van der Waals surface area contributed by atoms with Gasteiger partial charge in [0.15, 0.2) is 0 Å². The van der Waals surface area contributed by atoms with Gasteiger partial charge in [-0.15, -0.1) is 0 Å². The molecule has 1 aromatic carbocycles. The smallest absolute Gasteiger partial charge is 0.337 e. The molecule has 1 atom stereocenters. The molecular formula is C12H16N2O4. The minimum Gasteiger partial charge on any atom is -0.497 e. The molecule has 98 valence electrons. The minimum absolute atomic E-state index is 0.00699. The fraction of sp³-hybridized carbons (Fsp3) is 0.333. The number of carboxylic acids is 1. The maximum Gasteiger partial charge on any atom is 0.337 e. The Bertz CT molecular complexity index is 459. The maximum absolute atomic E-state index is 11.6. The van der Waals surface area contributed by atoms with Crippen LogP contribution in [-0.4, -0.2) is 30.1 Å². The van der Waals surface area contributed by atoms with Crippen LogP contribution in [0.1, 0.15) is 23.7 Å². The standard InChI is InChI=1S/C12H16N2O4/c1-3-9(13)11(15)14-10-6-7(18-2)4-5-8(10)12(16)17/h4-6,9H,3,13H2,1-2H3,(H,14,15)(H,16,17)/t9-/m0/s1. The highest BCUT2D eigenvalue weighted by atomic mass is 16.5. The molecule has 18 heavy (non-hydrogen) atoms. The second kappa shape index (κ2) is 6.02. The Morgan fingerprint density at radius 2 is 2.17 bits per heavy atom. The van der Waals surface area contributed by atoms with E-state index in [2.05, 4.69) is 5.32 Å². The predicted octanol–water partition coefficient (Wildman–Crippen LogP) is 1.07. The second-order valence-corrected chi connectivity index (χ2v) is 3.72. The van der Waals surface area contributed by atoms with Crippen molar-refractivity contribution in [1.29, 1.82) is 0 Å². The van der Waals surface area contributed by atoms with Crippen molar-refractivity contribution in [2.24, 2.45) is 5.73 Å². The van der Waals surface area contributed by atoms with Gasteiger partial charge in [-0.1, -0.05) is 6.92 Å². The summed E-state index contributed by atoms with van der Waals surface area (Å²) >= 11 is 0. The molecule has 0 spiro atoms. The summed E-state index contributed by atoms with van der Waals surface area (Å²) in [6, 6.07) is 3.66. The van der Waals surface area contributed by atoms with Crippen LogP contribution in [0.25, 0.3) is 0 Å². The van der Waals surface area contributed by atoms with Crippen molar-refractivity contribution in [2.45, 2.75) is 19.4 Å². The molecule has 6 nitrogen and oxygen atoms in total. The summed E-state index contributed by atoms with van der Waals surface area (Å²) in [5.74, 6) is -1.09. The van der Waals surface area contributed by atoms with Crippen molar-refractivity contribution in [3.63, 3.8) is 0 Å². The molecule has 0 aromatic heterocycles. The normalized spacial score (nSPS) is 11.7. The molecular weight excluding hydrogens is 236 g/mol. The second-order valence-electron chi connectivity index (χ2n) is 3.72. The van der Waals surface area contributed by atoms with E-state index in [9.17, 15) is 9.59 Å². The van der Waals surface area contributed by atoms with E-state index >= 15 is 0 Å². The first-order valence-corrected chi connectivity index (χ1v) is 5.47. The van der Waals surface area contributed by atoms with Gasteiger partial charge < -0.3 is 20.9 Å². The molecule has 0 bridgehead atoms. The molecule has 0 heterocycles. The lowest BCUT2D eigenvalue weighted by atomic mass is 10.1. The maximum atomic E-state index is 11.6. The van der Waals surface area contributed by atoms with Gasteiger partial charge in [0.1, 0.15) is 5.75 Å². The first-order chi connectivity index (χ1) is 8.49. The molecule has 1 rings (SSSR count). The number of hydrogen-bond acceptors (Lipinski definition) is 4. The third-order valence-corrected chi connectivity index (χ3v) is 2.49. The van der Waals surface area contributed by atoms with E-state index in [1.165, 1.54) is 25.3 Å². The van der Waals surface area contributed by atoms with Crippen LogP contribution in [0.4, 0.5) is 5.69 Å². The third kappa shape index (κ3) is 3.21. The van der Waals surface area contributed by atoms with Gasteiger partial charge in [0.05, 0.1) is 24.4 Å². The van der Waals surface area contributed by atoms with Gasteiger partial charge in [-0.05, 0) is 18.6 Å². The molecule has 0 aliphatic rings. The van der Waals surface area contributed by atoms with Gasteiger partial charge in [0.25, 0.3) is 0 Å². The lowest BCUT2D eigenvalue weighted by Gasteiger charge is -2.13. The Morgan fingerprint density at radius 1 is 1.50 bits per heavy atom. The van der Waals surface area contributed by atoms with E-state index in [1.807, 2.05) is 0 Å². The molecule has 0 saturated carbocycles. The summed E-state index contributed by atoms with van der Waals surface area (Å²) in [7, 11) is 1.46. The van der Waals surface area contributed by atoms with Gasteiger partial charge in [0.2, 0.25) is 5.91 Å². The molecule has 6 heteroatoms. The number of benzene rings is 1. The van der Waals surface area contributed by atoms with Crippen LogP contribution in [0, 0.1) is 0 Å². The molecule has 4 N–H and O–H groups in total. The van der Waals surface area contributed by atoms with E-state index in [0.29, 0.717) is 12.2 Å². The van der Waals surface area contributed by atoms with Gasteiger partial charge in [-0.3, -0.25) is 4.79 Å². The lowest BCUT2D eigenvalue weighted by Crippen LogP contribution is -2.35. The SMILES string of the molecule is CC[C@H](N)C(=O)Nc1cc(OC)ccc1C(=O)O. The van der Waals surface area contributed by atoms with E-state index in [1.54, 1.807) is 6.92 Å². The molecule has 0 aliphatic heterocycles. The van der Waals surface area contributed by atoms with Crippen molar-refractivity contribution in [1.82, 2.24) is 0 Å². The van der Waals surface area contributed by atoms with Crippen LogP contribution in [0.2, 0.25) is 0 Å². The minimum atomic E-state index is -1.13. The number of carbonyl (C=O) groups is 2. The monoisotopic (exact) mass is 252 g/mol. The van der Waals surface area contributed by atoms with Gasteiger partial charge in [-0.2, -0.15) is 0 Å². The highest BCUT2D eigenvalue weighted by Gasteiger charge is 2.16. The number of nitrogens with two attached hydrogens (primary N) is 1. The Hall–Kier alpha value is -2.08. The summed E-state index contributed by atoms with van der Waals surface area (Å²) in [6.45, 7) is 1.77. The number of rotatable bonds is 5. The number of carboxylic acid groups (broad SMARTS) is 1. The summed E-state index contributed by atoms with van der Waals surface area (Å²) in [4.78, 5) is 22.7. The van der Waals surface area contributed by atoms with Crippen LogP contribution in [-0.2, 0) is 4.79 Å². The zero-order valence-electron chi connectivity index (χ0n) is 10.3. The third-order valence-electron chi connectivity index (χ3n) is 2.49. The van der Waals surface area contributed by atoms with Gasteiger partial charge in [0, 0.05) is 6.07 Å². The Kier molecular flexibility index (Phi) is 4.67. The Labute approximate surface area is 105 Å². The molecule has 0 fully saturated rings. The molecule has 0 aliphatic carbocycles. The average molecular weight is 252 g/mol. The Morgan fingerprint density at radius 3 is 2.67 bits per heavy atom. The summed E-state index contributed by atoms with van der Waals surface area (Å²) in [6.07, 6.45) is 0.470. The summed E-state index contributed by atoms with van der Waals surface area (Å²) < 4.78 is 4.98. The molecule has 1 amide bonds. The number of nitrogens with one attached hydrogen (secondary N) is 1. The number of amides is 1. The van der Waals surface area contributed by atoms with E-state index in [4.69, 9.17) is 15.6 Å². The van der Waals surface area contributed by atoms with Crippen molar-refractivity contribution in [3.8, 4) is 5.75 Å². The Balaban J connectivity index is 3.04. The first kappa shape index (κ1) is 14.0. The van der Waals surface area contributed by atoms with Crippen molar-refractivity contribution in [2.75, 3.05) is 12.4 Å². The number of ether oxygens (including phenoxy) is 1. The predicted molar refractivity (Wildman–Crippen MR) is 66.8 cm³/mol. The highest BCUT2D eigenvalue weighted by molar-refractivity contribution is 6.02. The summed E-state index contributed by atoms with van der Waals surface area (Å²) in [5, 5.41) is 11.5. The van der Waals surface area contributed by atoms with Crippen LogP contribution in [0.5, 0.6) is 5.75 Å². The molecule has 0 radical (unpaired) electrons. The van der Waals surface area contributed by atoms with Crippen LogP contribution >= 0.6 is 0 Å². The number of hydrogen-bond donors (Lipinski definition) is 3. The molecule has 0 unspecified atom stereocenters. The van der Waals surface area contributed by atoms with Crippen molar-refractivity contribution in [3.05, 3.63) is 23.8 Å².